The van der Waals surface area contributed by atoms with Gasteiger partial charge >= 0.3 is 0 Å². The largest absolute Gasteiger partial charge is 0.492 e. The number of hydrogen-bond donors (Lipinski definition) is 1. The van der Waals surface area contributed by atoms with Crippen molar-refractivity contribution in [2.45, 2.75) is 13.8 Å². The van der Waals surface area contributed by atoms with Crippen LogP contribution in [0, 0.1) is 13.8 Å². The summed E-state index contributed by atoms with van der Waals surface area (Å²) < 4.78 is 5.65. The molecule has 18 heavy (non-hydrogen) atoms. The Labute approximate surface area is 109 Å². The lowest BCUT2D eigenvalue weighted by Gasteiger charge is -2.17. The standard InChI is InChI=1S/C14H22N2O2/c1-11-7-12(2)9-13(8-11)18-6-5-16(4)14(17)10-15-3/h7-9,15H,5-6,10H2,1-4H3. The van der Waals surface area contributed by atoms with Crippen molar-refractivity contribution in [1.29, 1.82) is 0 Å². The van der Waals surface area contributed by atoms with Crippen molar-refractivity contribution in [2.24, 2.45) is 0 Å². The van der Waals surface area contributed by atoms with Crippen LogP contribution in [0.2, 0.25) is 0 Å². The first kappa shape index (κ1) is 14.5. The van der Waals surface area contributed by atoms with Crippen LogP contribution in [0.25, 0.3) is 0 Å². The molecular formula is C14H22N2O2. The maximum atomic E-state index is 11.5. The first-order valence-corrected chi connectivity index (χ1v) is 6.12. The first-order valence-electron chi connectivity index (χ1n) is 6.12. The molecule has 0 heterocycles. The van der Waals surface area contributed by atoms with Gasteiger partial charge in [0.05, 0.1) is 13.1 Å². The molecule has 1 aromatic rings. The van der Waals surface area contributed by atoms with Crippen molar-refractivity contribution < 1.29 is 9.53 Å². The van der Waals surface area contributed by atoms with Crippen LogP contribution in [-0.4, -0.2) is 44.6 Å². The van der Waals surface area contributed by atoms with E-state index in [9.17, 15) is 4.79 Å². The highest BCUT2D eigenvalue weighted by Gasteiger charge is 2.06. The topological polar surface area (TPSA) is 41.6 Å². The molecule has 4 nitrogen and oxygen atoms in total. The van der Waals surface area contributed by atoms with Crippen molar-refractivity contribution in [2.75, 3.05) is 33.8 Å². The van der Waals surface area contributed by atoms with E-state index in [-0.39, 0.29) is 5.91 Å². The van der Waals surface area contributed by atoms with Gasteiger partial charge in [-0.05, 0) is 44.2 Å². The average molecular weight is 250 g/mol. The van der Waals surface area contributed by atoms with E-state index in [0.717, 1.165) is 5.75 Å². The minimum atomic E-state index is 0.0709. The normalized spacial score (nSPS) is 10.2. The van der Waals surface area contributed by atoms with Crippen molar-refractivity contribution >= 4 is 5.91 Å². The van der Waals surface area contributed by atoms with Gasteiger partial charge in [-0.2, -0.15) is 0 Å². The van der Waals surface area contributed by atoms with E-state index in [2.05, 4.69) is 11.4 Å². The van der Waals surface area contributed by atoms with Gasteiger partial charge < -0.3 is 15.0 Å². The summed E-state index contributed by atoms with van der Waals surface area (Å²) in [6.07, 6.45) is 0. The second-order valence-electron chi connectivity index (χ2n) is 4.52. The molecule has 0 aromatic heterocycles. The quantitative estimate of drug-likeness (QED) is 0.829. The van der Waals surface area contributed by atoms with Crippen molar-refractivity contribution in [3.63, 3.8) is 0 Å². The summed E-state index contributed by atoms with van der Waals surface area (Å²) in [6.45, 7) is 5.55. The van der Waals surface area contributed by atoms with E-state index < -0.39 is 0 Å². The molecule has 1 rings (SSSR count). The highest BCUT2D eigenvalue weighted by molar-refractivity contribution is 5.77. The lowest BCUT2D eigenvalue weighted by atomic mass is 10.1. The third kappa shape index (κ3) is 4.75. The number of rotatable bonds is 6. The molecule has 4 heteroatoms. The van der Waals surface area contributed by atoms with Crippen LogP contribution >= 0.6 is 0 Å². The predicted octanol–water partition coefficient (Wildman–Crippen LogP) is 1.36. The fourth-order valence-electron chi connectivity index (χ4n) is 1.73. The van der Waals surface area contributed by atoms with E-state index >= 15 is 0 Å². The Morgan fingerprint density at radius 1 is 1.28 bits per heavy atom. The average Bonchev–Trinajstić information content (AvgIpc) is 2.27. The first-order chi connectivity index (χ1) is 8.52. The fourth-order valence-corrected chi connectivity index (χ4v) is 1.73. The highest BCUT2D eigenvalue weighted by Crippen LogP contribution is 2.15. The Morgan fingerprint density at radius 2 is 1.89 bits per heavy atom. The molecule has 0 saturated heterocycles. The molecule has 0 radical (unpaired) electrons. The van der Waals surface area contributed by atoms with Gasteiger partial charge in [0.15, 0.2) is 0 Å². The molecule has 0 aliphatic carbocycles. The van der Waals surface area contributed by atoms with Crippen molar-refractivity contribution in [3.05, 3.63) is 29.3 Å². The SMILES string of the molecule is CNCC(=O)N(C)CCOc1cc(C)cc(C)c1. The maximum absolute atomic E-state index is 11.5. The molecule has 100 valence electrons. The smallest absolute Gasteiger partial charge is 0.236 e. The second-order valence-corrected chi connectivity index (χ2v) is 4.52. The molecule has 1 aromatic carbocycles. The van der Waals surface area contributed by atoms with Crippen LogP contribution in [0.3, 0.4) is 0 Å². The van der Waals surface area contributed by atoms with E-state index in [1.807, 2.05) is 26.0 Å². The molecule has 0 spiro atoms. The van der Waals surface area contributed by atoms with Crippen LogP contribution in [-0.2, 0) is 4.79 Å². The zero-order chi connectivity index (χ0) is 13.5. The summed E-state index contributed by atoms with van der Waals surface area (Å²) in [5.41, 5.74) is 2.37. The van der Waals surface area contributed by atoms with E-state index in [1.165, 1.54) is 11.1 Å². The van der Waals surface area contributed by atoms with Crippen LogP contribution < -0.4 is 10.1 Å². The molecule has 1 N–H and O–H groups in total. The number of carbonyl (C=O) groups excluding carboxylic acids is 1. The van der Waals surface area contributed by atoms with Gasteiger partial charge in [-0.25, -0.2) is 0 Å². The Morgan fingerprint density at radius 3 is 2.44 bits per heavy atom. The Kier molecular flexibility index (Phi) is 5.65. The predicted molar refractivity (Wildman–Crippen MR) is 73.0 cm³/mol. The van der Waals surface area contributed by atoms with E-state index in [4.69, 9.17) is 4.74 Å². The highest BCUT2D eigenvalue weighted by atomic mass is 16.5. The van der Waals surface area contributed by atoms with Gasteiger partial charge in [0.1, 0.15) is 12.4 Å². The summed E-state index contributed by atoms with van der Waals surface area (Å²) in [6, 6.07) is 6.11. The number of nitrogens with zero attached hydrogens (tertiary/aromatic N) is 1. The molecule has 0 saturated carbocycles. The number of ether oxygens (including phenoxy) is 1. The minimum absolute atomic E-state index is 0.0709. The number of hydrogen-bond acceptors (Lipinski definition) is 3. The van der Waals surface area contributed by atoms with Gasteiger partial charge in [-0.3, -0.25) is 4.79 Å². The number of likely N-dealkylation sites (N-methyl/N-ethyl adjacent to an activating group) is 2. The molecule has 0 aliphatic heterocycles. The lowest BCUT2D eigenvalue weighted by molar-refractivity contribution is -0.129. The fraction of sp³-hybridized carbons (Fsp3) is 0.500. The summed E-state index contributed by atoms with van der Waals surface area (Å²) in [7, 11) is 3.54. The monoisotopic (exact) mass is 250 g/mol. The minimum Gasteiger partial charge on any atom is -0.492 e. The van der Waals surface area contributed by atoms with Crippen LogP contribution in [0.5, 0.6) is 5.75 Å². The summed E-state index contributed by atoms with van der Waals surface area (Å²) in [5.74, 6) is 0.934. The molecule has 0 atom stereocenters. The van der Waals surface area contributed by atoms with Gasteiger partial charge in [-0.15, -0.1) is 0 Å². The van der Waals surface area contributed by atoms with Crippen LogP contribution in [0.1, 0.15) is 11.1 Å². The van der Waals surface area contributed by atoms with Gasteiger partial charge in [0.25, 0.3) is 0 Å². The molecular weight excluding hydrogens is 228 g/mol. The van der Waals surface area contributed by atoms with Crippen molar-refractivity contribution in [1.82, 2.24) is 10.2 Å². The molecule has 1 amide bonds. The number of carbonyl (C=O) groups is 1. The molecule has 0 bridgehead atoms. The summed E-state index contributed by atoms with van der Waals surface area (Å²) in [5, 5.41) is 2.84. The van der Waals surface area contributed by atoms with E-state index in [1.54, 1.807) is 19.0 Å². The number of amides is 1. The van der Waals surface area contributed by atoms with Gasteiger partial charge in [0.2, 0.25) is 5.91 Å². The zero-order valence-electron chi connectivity index (χ0n) is 11.6. The number of benzene rings is 1. The zero-order valence-corrected chi connectivity index (χ0v) is 11.6. The molecule has 0 unspecified atom stereocenters. The van der Waals surface area contributed by atoms with Gasteiger partial charge in [-0.1, -0.05) is 6.07 Å². The summed E-state index contributed by atoms with van der Waals surface area (Å²) in [4.78, 5) is 13.2. The third-order valence-electron chi connectivity index (χ3n) is 2.64. The maximum Gasteiger partial charge on any atom is 0.236 e. The van der Waals surface area contributed by atoms with Crippen LogP contribution in [0.4, 0.5) is 0 Å². The Hall–Kier alpha value is -1.55. The van der Waals surface area contributed by atoms with Crippen molar-refractivity contribution in [3.8, 4) is 5.75 Å². The van der Waals surface area contributed by atoms with Gasteiger partial charge in [0, 0.05) is 7.05 Å². The van der Waals surface area contributed by atoms with E-state index in [0.29, 0.717) is 19.7 Å². The molecule has 0 aliphatic rings. The number of nitrogens with one attached hydrogen (secondary N) is 1. The Balaban J connectivity index is 2.39. The van der Waals surface area contributed by atoms with Crippen LogP contribution in [0.15, 0.2) is 18.2 Å². The lowest BCUT2D eigenvalue weighted by Crippen LogP contribution is -2.36. The summed E-state index contributed by atoms with van der Waals surface area (Å²) >= 11 is 0. The Bertz CT molecular complexity index is 385. The molecule has 0 fully saturated rings. The third-order valence-corrected chi connectivity index (χ3v) is 2.64. The second kappa shape index (κ2) is 7.01. The number of aryl methyl sites for hydroxylation is 2.